The van der Waals surface area contributed by atoms with Crippen molar-refractivity contribution in [3.8, 4) is 11.1 Å². The number of esters is 1. The summed E-state index contributed by atoms with van der Waals surface area (Å²) in [5, 5.41) is 1.92. The second-order valence-corrected chi connectivity index (χ2v) is 6.91. The highest BCUT2D eigenvalue weighted by atomic mass is 16.7. The van der Waals surface area contributed by atoms with E-state index in [-0.39, 0.29) is 24.5 Å². The molecule has 1 aliphatic heterocycles. The lowest BCUT2D eigenvalue weighted by atomic mass is 9.97. The molecule has 0 amide bonds. The standard InChI is InChI=1S/C24H23NO3/c1-27-24(26)17-22-16-23(25(28-22)21-10-6-3-7-11-21)20-14-12-19(13-15-20)18-8-4-2-5-9-18/h2-15,22-23H,16-17H2,1H3. The van der Waals surface area contributed by atoms with Crippen LogP contribution >= 0.6 is 0 Å². The number of nitrogens with zero attached hydrogens (tertiary/aromatic N) is 1. The Morgan fingerprint density at radius 3 is 2.18 bits per heavy atom. The van der Waals surface area contributed by atoms with Crippen molar-refractivity contribution in [2.45, 2.75) is 25.0 Å². The quantitative estimate of drug-likeness (QED) is 0.579. The summed E-state index contributed by atoms with van der Waals surface area (Å²) in [7, 11) is 1.41. The molecule has 4 heteroatoms. The molecule has 0 radical (unpaired) electrons. The van der Waals surface area contributed by atoms with E-state index in [1.807, 2.05) is 53.6 Å². The van der Waals surface area contributed by atoms with E-state index in [4.69, 9.17) is 9.57 Å². The van der Waals surface area contributed by atoms with Crippen LogP contribution in [0.1, 0.15) is 24.4 Å². The van der Waals surface area contributed by atoms with Gasteiger partial charge in [-0.25, -0.2) is 5.06 Å². The average Bonchev–Trinajstić information content (AvgIpc) is 3.18. The van der Waals surface area contributed by atoms with Crippen LogP contribution in [-0.2, 0) is 14.4 Å². The average molecular weight is 373 g/mol. The lowest BCUT2D eigenvalue weighted by Crippen LogP contribution is -2.22. The fourth-order valence-electron chi connectivity index (χ4n) is 3.63. The lowest BCUT2D eigenvalue weighted by Gasteiger charge is -2.25. The molecular formula is C24H23NO3. The smallest absolute Gasteiger partial charge is 0.308 e. The molecule has 28 heavy (non-hydrogen) atoms. The number of carbonyl (C=O) groups is 1. The number of hydrogen-bond acceptors (Lipinski definition) is 4. The molecule has 1 saturated heterocycles. The Hall–Kier alpha value is -3.11. The molecule has 1 heterocycles. The number of benzene rings is 3. The SMILES string of the molecule is COC(=O)CC1CC(c2ccc(-c3ccccc3)cc2)N(c2ccccc2)O1. The van der Waals surface area contributed by atoms with Crippen molar-refractivity contribution < 1.29 is 14.4 Å². The van der Waals surface area contributed by atoms with Crippen LogP contribution in [0.3, 0.4) is 0 Å². The number of carbonyl (C=O) groups excluding carboxylic acids is 1. The second-order valence-electron chi connectivity index (χ2n) is 6.91. The molecule has 0 saturated carbocycles. The maximum atomic E-state index is 11.7. The molecule has 0 spiro atoms. The summed E-state index contributed by atoms with van der Waals surface area (Å²) in [5.41, 5.74) is 4.52. The Kier molecular flexibility index (Phi) is 5.40. The predicted octanol–water partition coefficient (Wildman–Crippen LogP) is 5.17. The van der Waals surface area contributed by atoms with E-state index < -0.39 is 0 Å². The Bertz CT molecular complexity index is 910. The van der Waals surface area contributed by atoms with E-state index in [1.165, 1.54) is 18.2 Å². The molecule has 2 unspecified atom stereocenters. The number of hydrogen-bond donors (Lipinski definition) is 0. The first-order valence-corrected chi connectivity index (χ1v) is 9.48. The van der Waals surface area contributed by atoms with Crippen molar-refractivity contribution in [2.24, 2.45) is 0 Å². The molecule has 2 atom stereocenters. The van der Waals surface area contributed by atoms with Crippen LogP contribution in [0.4, 0.5) is 5.69 Å². The third kappa shape index (κ3) is 3.92. The molecule has 4 rings (SSSR count). The van der Waals surface area contributed by atoms with Gasteiger partial charge in [-0.15, -0.1) is 0 Å². The fourth-order valence-corrected chi connectivity index (χ4v) is 3.63. The normalized spacial score (nSPS) is 18.8. The zero-order valence-electron chi connectivity index (χ0n) is 15.8. The van der Waals surface area contributed by atoms with Gasteiger partial charge in [0.05, 0.1) is 31.4 Å². The molecule has 142 valence electrons. The van der Waals surface area contributed by atoms with Gasteiger partial charge in [-0.1, -0.05) is 72.8 Å². The van der Waals surface area contributed by atoms with Gasteiger partial charge in [-0.3, -0.25) is 9.63 Å². The monoisotopic (exact) mass is 373 g/mol. The van der Waals surface area contributed by atoms with Crippen LogP contribution in [0.5, 0.6) is 0 Å². The van der Waals surface area contributed by atoms with Crippen molar-refractivity contribution in [2.75, 3.05) is 12.2 Å². The number of ether oxygens (including phenoxy) is 1. The minimum Gasteiger partial charge on any atom is -0.469 e. The minimum absolute atomic E-state index is 0.0434. The molecule has 4 nitrogen and oxygen atoms in total. The van der Waals surface area contributed by atoms with Crippen molar-refractivity contribution in [1.82, 2.24) is 0 Å². The topological polar surface area (TPSA) is 38.8 Å². The third-order valence-corrected chi connectivity index (χ3v) is 5.07. The van der Waals surface area contributed by atoms with Gasteiger partial charge in [0, 0.05) is 6.42 Å². The van der Waals surface area contributed by atoms with Crippen LogP contribution in [0.2, 0.25) is 0 Å². The largest absolute Gasteiger partial charge is 0.469 e. The maximum absolute atomic E-state index is 11.7. The number of rotatable bonds is 5. The summed E-state index contributed by atoms with van der Waals surface area (Å²) in [6, 6.07) is 28.9. The van der Waals surface area contributed by atoms with Crippen molar-refractivity contribution in [3.05, 3.63) is 90.5 Å². The van der Waals surface area contributed by atoms with Gasteiger partial charge < -0.3 is 4.74 Å². The van der Waals surface area contributed by atoms with E-state index in [9.17, 15) is 4.79 Å². The number of hydroxylamine groups is 1. The summed E-state index contributed by atoms with van der Waals surface area (Å²) in [4.78, 5) is 17.9. The predicted molar refractivity (Wildman–Crippen MR) is 110 cm³/mol. The molecule has 0 N–H and O–H groups in total. The minimum atomic E-state index is -0.252. The van der Waals surface area contributed by atoms with Gasteiger partial charge in [-0.2, -0.15) is 0 Å². The third-order valence-electron chi connectivity index (χ3n) is 5.07. The van der Waals surface area contributed by atoms with E-state index in [0.29, 0.717) is 0 Å². The van der Waals surface area contributed by atoms with Gasteiger partial charge in [0.1, 0.15) is 0 Å². The summed E-state index contributed by atoms with van der Waals surface area (Å²) in [5.74, 6) is -0.252. The van der Waals surface area contributed by atoms with E-state index >= 15 is 0 Å². The zero-order chi connectivity index (χ0) is 19.3. The number of anilines is 1. The Morgan fingerprint density at radius 2 is 1.54 bits per heavy atom. The zero-order valence-corrected chi connectivity index (χ0v) is 15.8. The van der Waals surface area contributed by atoms with Crippen molar-refractivity contribution >= 4 is 11.7 Å². The highest BCUT2D eigenvalue weighted by molar-refractivity contribution is 5.70. The van der Waals surface area contributed by atoms with E-state index in [0.717, 1.165) is 17.7 Å². The highest BCUT2D eigenvalue weighted by Gasteiger charge is 2.36. The van der Waals surface area contributed by atoms with E-state index in [1.54, 1.807) is 0 Å². The molecular weight excluding hydrogens is 350 g/mol. The van der Waals surface area contributed by atoms with Crippen LogP contribution in [0.15, 0.2) is 84.9 Å². The summed E-state index contributed by atoms with van der Waals surface area (Å²) in [6.45, 7) is 0. The first-order valence-electron chi connectivity index (χ1n) is 9.48. The molecule has 1 fully saturated rings. The fraction of sp³-hybridized carbons (Fsp3) is 0.208. The highest BCUT2D eigenvalue weighted by Crippen LogP contribution is 2.39. The first kappa shape index (κ1) is 18.3. The number of para-hydroxylation sites is 1. The van der Waals surface area contributed by atoms with Crippen LogP contribution in [0.25, 0.3) is 11.1 Å². The lowest BCUT2D eigenvalue weighted by molar-refractivity contribution is -0.143. The molecule has 3 aromatic carbocycles. The van der Waals surface area contributed by atoms with Crippen molar-refractivity contribution in [3.63, 3.8) is 0 Å². The summed E-state index contributed by atoms with van der Waals surface area (Å²) in [6.07, 6.45) is 0.777. The van der Waals surface area contributed by atoms with Gasteiger partial charge >= 0.3 is 5.97 Å². The molecule has 0 aromatic heterocycles. The Balaban J connectivity index is 1.60. The second kappa shape index (κ2) is 8.28. The van der Waals surface area contributed by atoms with Gasteiger partial charge in [0.15, 0.2) is 0 Å². The Morgan fingerprint density at radius 1 is 0.929 bits per heavy atom. The molecule has 1 aliphatic rings. The van der Waals surface area contributed by atoms with Crippen molar-refractivity contribution in [1.29, 1.82) is 0 Å². The van der Waals surface area contributed by atoms with Gasteiger partial charge in [-0.05, 0) is 28.8 Å². The van der Waals surface area contributed by atoms with Crippen LogP contribution < -0.4 is 5.06 Å². The summed E-state index contributed by atoms with van der Waals surface area (Å²) >= 11 is 0. The van der Waals surface area contributed by atoms with Gasteiger partial charge in [0.2, 0.25) is 0 Å². The molecule has 0 aliphatic carbocycles. The maximum Gasteiger partial charge on any atom is 0.308 e. The van der Waals surface area contributed by atoms with Gasteiger partial charge in [0.25, 0.3) is 0 Å². The first-order chi connectivity index (χ1) is 13.7. The molecule has 0 bridgehead atoms. The summed E-state index contributed by atoms with van der Waals surface area (Å²) < 4.78 is 4.82. The molecule has 3 aromatic rings. The van der Waals surface area contributed by atoms with E-state index in [2.05, 4.69) is 36.4 Å². The van der Waals surface area contributed by atoms with Crippen LogP contribution in [0, 0.1) is 0 Å². The van der Waals surface area contributed by atoms with Crippen LogP contribution in [-0.4, -0.2) is 19.2 Å². The Labute approximate surface area is 165 Å². The number of methoxy groups -OCH3 is 1.